The Morgan fingerprint density at radius 1 is 0.862 bits per heavy atom. The van der Waals surface area contributed by atoms with Crippen LogP contribution in [0.3, 0.4) is 0 Å². The fourth-order valence-corrected chi connectivity index (χ4v) is 3.24. The highest BCUT2D eigenvalue weighted by molar-refractivity contribution is 5.96. The number of aromatic nitrogens is 3. The van der Waals surface area contributed by atoms with Gasteiger partial charge in [0, 0.05) is 16.8 Å². The van der Waals surface area contributed by atoms with Gasteiger partial charge in [-0.25, -0.2) is 4.79 Å². The number of nitrogens with zero attached hydrogens (tertiary/aromatic N) is 3. The lowest BCUT2D eigenvalue weighted by atomic mass is 10.1. The second kappa shape index (κ2) is 8.10. The van der Waals surface area contributed by atoms with E-state index < -0.39 is 0 Å². The number of hydrogen-bond donors (Lipinski definition) is 0. The van der Waals surface area contributed by atoms with Crippen LogP contribution in [0.2, 0.25) is 0 Å². The van der Waals surface area contributed by atoms with Crippen molar-refractivity contribution in [3.05, 3.63) is 90.0 Å². The maximum absolute atomic E-state index is 12.5. The average molecular weight is 383 g/mol. The molecule has 0 radical (unpaired) electrons. The zero-order valence-electron chi connectivity index (χ0n) is 16.4. The molecule has 5 nitrogen and oxygen atoms in total. The van der Waals surface area contributed by atoms with Gasteiger partial charge in [0.15, 0.2) is 11.6 Å². The van der Waals surface area contributed by atoms with Gasteiger partial charge in [-0.15, -0.1) is 10.2 Å². The Balaban J connectivity index is 1.95. The van der Waals surface area contributed by atoms with Crippen molar-refractivity contribution in [3.63, 3.8) is 0 Å². The van der Waals surface area contributed by atoms with E-state index >= 15 is 0 Å². The minimum absolute atomic E-state index is 0.313. The van der Waals surface area contributed by atoms with Crippen LogP contribution in [0.1, 0.15) is 22.8 Å². The molecule has 29 heavy (non-hydrogen) atoms. The lowest BCUT2D eigenvalue weighted by Crippen LogP contribution is -2.08. The predicted octanol–water partition coefficient (Wildman–Crippen LogP) is 5.09. The first kappa shape index (κ1) is 18.6. The molecule has 0 aliphatic carbocycles. The quantitative estimate of drug-likeness (QED) is 0.451. The third kappa shape index (κ3) is 3.67. The van der Waals surface area contributed by atoms with E-state index in [1.807, 2.05) is 84.3 Å². The molecular formula is C24H21N3O2. The molecule has 0 aliphatic rings. The monoisotopic (exact) mass is 383 g/mol. The SMILES string of the molecule is CCOC(=O)c1ccccc1-c1nnc(-c2ccccc2)n1-c1ccc(C)cc1. The van der Waals surface area contributed by atoms with Crippen LogP contribution in [0, 0.1) is 6.92 Å². The topological polar surface area (TPSA) is 57.0 Å². The smallest absolute Gasteiger partial charge is 0.338 e. The second-order valence-electron chi connectivity index (χ2n) is 6.65. The Morgan fingerprint density at radius 2 is 1.52 bits per heavy atom. The molecule has 5 heteroatoms. The van der Waals surface area contributed by atoms with Crippen LogP contribution in [0.15, 0.2) is 78.9 Å². The third-order valence-electron chi connectivity index (χ3n) is 4.65. The number of benzene rings is 3. The van der Waals surface area contributed by atoms with E-state index in [2.05, 4.69) is 10.2 Å². The molecule has 0 spiro atoms. The molecular weight excluding hydrogens is 362 g/mol. The Kier molecular flexibility index (Phi) is 5.20. The van der Waals surface area contributed by atoms with E-state index in [1.54, 1.807) is 13.0 Å². The van der Waals surface area contributed by atoms with Gasteiger partial charge < -0.3 is 4.74 Å². The molecule has 4 aromatic rings. The van der Waals surface area contributed by atoms with Gasteiger partial charge in [0.25, 0.3) is 0 Å². The molecule has 0 atom stereocenters. The first-order chi connectivity index (χ1) is 14.2. The van der Waals surface area contributed by atoms with Crippen molar-refractivity contribution >= 4 is 5.97 Å². The number of hydrogen-bond acceptors (Lipinski definition) is 4. The van der Waals surface area contributed by atoms with Crippen molar-refractivity contribution in [2.75, 3.05) is 6.61 Å². The van der Waals surface area contributed by atoms with Gasteiger partial charge in [0.05, 0.1) is 12.2 Å². The standard InChI is InChI=1S/C24H21N3O2/c1-3-29-24(28)21-12-8-7-11-20(21)23-26-25-22(18-9-5-4-6-10-18)27(23)19-15-13-17(2)14-16-19/h4-16H,3H2,1-2H3. The molecule has 0 unspecified atom stereocenters. The van der Waals surface area contributed by atoms with E-state index in [4.69, 9.17) is 4.74 Å². The van der Waals surface area contributed by atoms with Gasteiger partial charge in [-0.3, -0.25) is 4.57 Å². The van der Waals surface area contributed by atoms with Crippen molar-refractivity contribution in [1.29, 1.82) is 0 Å². The Bertz CT molecular complexity index is 1130. The first-order valence-electron chi connectivity index (χ1n) is 9.53. The summed E-state index contributed by atoms with van der Waals surface area (Å²) >= 11 is 0. The van der Waals surface area contributed by atoms with Gasteiger partial charge >= 0.3 is 5.97 Å². The summed E-state index contributed by atoms with van der Waals surface area (Å²) in [6, 6.07) is 25.4. The Labute approximate surface area is 169 Å². The number of rotatable bonds is 5. The van der Waals surface area contributed by atoms with Gasteiger partial charge in [0.2, 0.25) is 0 Å². The average Bonchev–Trinajstić information content (AvgIpc) is 3.20. The molecule has 0 bridgehead atoms. The largest absolute Gasteiger partial charge is 0.462 e. The van der Waals surface area contributed by atoms with E-state index in [0.29, 0.717) is 29.4 Å². The highest BCUT2D eigenvalue weighted by Gasteiger charge is 2.22. The van der Waals surface area contributed by atoms with Crippen LogP contribution >= 0.6 is 0 Å². The molecule has 0 fully saturated rings. The maximum Gasteiger partial charge on any atom is 0.338 e. The molecule has 0 N–H and O–H groups in total. The van der Waals surface area contributed by atoms with Crippen molar-refractivity contribution in [2.45, 2.75) is 13.8 Å². The number of esters is 1. The minimum atomic E-state index is -0.372. The van der Waals surface area contributed by atoms with Crippen LogP contribution in [0.5, 0.6) is 0 Å². The van der Waals surface area contributed by atoms with Crippen LogP contribution < -0.4 is 0 Å². The van der Waals surface area contributed by atoms with E-state index in [0.717, 1.165) is 16.8 Å². The minimum Gasteiger partial charge on any atom is -0.462 e. The van der Waals surface area contributed by atoms with Crippen LogP contribution in [0.25, 0.3) is 28.5 Å². The maximum atomic E-state index is 12.5. The molecule has 0 amide bonds. The second-order valence-corrected chi connectivity index (χ2v) is 6.65. The summed E-state index contributed by atoms with van der Waals surface area (Å²) in [4.78, 5) is 12.5. The molecule has 1 heterocycles. The molecule has 1 aromatic heterocycles. The fourth-order valence-electron chi connectivity index (χ4n) is 3.24. The molecule has 0 saturated heterocycles. The van der Waals surface area contributed by atoms with Gasteiger partial charge in [-0.1, -0.05) is 66.2 Å². The lowest BCUT2D eigenvalue weighted by molar-refractivity contribution is 0.0527. The van der Waals surface area contributed by atoms with Gasteiger partial charge in [-0.2, -0.15) is 0 Å². The van der Waals surface area contributed by atoms with Crippen molar-refractivity contribution < 1.29 is 9.53 Å². The normalized spacial score (nSPS) is 10.7. The zero-order valence-corrected chi connectivity index (χ0v) is 16.4. The van der Waals surface area contributed by atoms with Crippen molar-refractivity contribution in [3.8, 4) is 28.5 Å². The molecule has 144 valence electrons. The molecule has 0 aliphatic heterocycles. The Hall–Kier alpha value is -3.73. The predicted molar refractivity (Wildman–Crippen MR) is 113 cm³/mol. The first-order valence-corrected chi connectivity index (χ1v) is 9.53. The summed E-state index contributed by atoms with van der Waals surface area (Å²) < 4.78 is 7.23. The van der Waals surface area contributed by atoms with E-state index in [-0.39, 0.29) is 5.97 Å². The summed E-state index contributed by atoms with van der Waals surface area (Å²) in [7, 11) is 0. The summed E-state index contributed by atoms with van der Waals surface area (Å²) in [5, 5.41) is 8.94. The lowest BCUT2D eigenvalue weighted by Gasteiger charge is -2.13. The van der Waals surface area contributed by atoms with Gasteiger partial charge in [0.1, 0.15) is 0 Å². The van der Waals surface area contributed by atoms with Crippen LogP contribution in [-0.2, 0) is 4.74 Å². The summed E-state index contributed by atoms with van der Waals surface area (Å²) in [6.07, 6.45) is 0. The Morgan fingerprint density at radius 3 is 2.24 bits per heavy atom. The number of carbonyl (C=O) groups excluding carboxylic acids is 1. The van der Waals surface area contributed by atoms with Crippen LogP contribution in [0.4, 0.5) is 0 Å². The zero-order chi connectivity index (χ0) is 20.2. The number of ether oxygens (including phenoxy) is 1. The van der Waals surface area contributed by atoms with E-state index in [9.17, 15) is 4.79 Å². The fraction of sp³-hybridized carbons (Fsp3) is 0.125. The number of aryl methyl sites for hydroxylation is 1. The highest BCUT2D eigenvalue weighted by Crippen LogP contribution is 2.30. The molecule has 0 saturated carbocycles. The summed E-state index contributed by atoms with van der Waals surface area (Å²) in [5.41, 5.74) is 4.18. The molecule has 4 rings (SSSR count). The molecule has 3 aromatic carbocycles. The third-order valence-corrected chi connectivity index (χ3v) is 4.65. The van der Waals surface area contributed by atoms with Crippen molar-refractivity contribution in [2.24, 2.45) is 0 Å². The number of carbonyl (C=O) groups is 1. The highest BCUT2D eigenvalue weighted by atomic mass is 16.5. The van der Waals surface area contributed by atoms with Crippen molar-refractivity contribution in [1.82, 2.24) is 14.8 Å². The van der Waals surface area contributed by atoms with E-state index in [1.165, 1.54) is 0 Å². The van der Waals surface area contributed by atoms with Gasteiger partial charge in [-0.05, 0) is 32.0 Å². The summed E-state index contributed by atoms with van der Waals surface area (Å²) in [5.74, 6) is 0.933. The van der Waals surface area contributed by atoms with Crippen LogP contribution in [-0.4, -0.2) is 27.3 Å². The summed E-state index contributed by atoms with van der Waals surface area (Å²) in [6.45, 7) is 4.15.